The van der Waals surface area contributed by atoms with E-state index in [4.69, 9.17) is 9.47 Å². The second-order valence-electron chi connectivity index (χ2n) is 5.52. The molecule has 25 heavy (non-hydrogen) atoms. The monoisotopic (exact) mass is 361 g/mol. The third kappa shape index (κ3) is 4.67. The van der Waals surface area contributed by atoms with Crippen LogP contribution in [0.3, 0.4) is 0 Å². The summed E-state index contributed by atoms with van der Waals surface area (Å²) in [6, 6.07) is 11.1. The maximum Gasteiger partial charge on any atom is 0.309 e. The fourth-order valence-electron chi connectivity index (χ4n) is 2.44. The molecule has 0 atom stereocenters. The molecule has 0 fully saturated rings. The van der Waals surface area contributed by atoms with Gasteiger partial charge in [-0.3, -0.25) is 10.0 Å². The predicted octanol–water partition coefficient (Wildman–Crippen LogP) is 4.82. The third-order valence-electron chi connectivity index (χ3n) is 3.89. The quantitative estimate of drug-likeness (QED) is 0.590. The first-order valence-electron chi connectivity index (χ1n) is 7.96. The van der Waals surface area contributed by atoms with E-state index in [1.54, 1.807) is 31.6 Å². The highest BCUT2D eigenvalue weighted by molar-refractivity contribution is 8.13. The fourth-order valence-corrected chi connectivity index (χ4v) is 2.72. The van der Waals surface area contributed by atoms with E-state index in [0.717, 1.165) is 29.5 Å². The second kappa shape index (κ2) is 8.78. The van der Waals surface area contributed by atoms with Crippen molar-refractivity contribution in [3.05, 3.63) is 53.1 Å². The number of ether oxygens (including phenoxy) is 2. The van der Waals surface area contributed by atoms with Gasteiger partial charge in [-0.15, -0.1) is 0 Å². The number of nitrogens with zero attached hydrogens (tertiary/aromatic N) is 1. The molecule has 2 aromatic carbocycles. The molecule has 1 amide bonds. The highest BCUT2D eigenvalue weighted by Gasteiger charge is 2.17. The van der Waals surface area contributed by atoms with Gasteiger partial charge in [0.25, 0.3) is 0 Å². The summed E-state index contributed by atoms with van der Waals surface area (Å²) in [7, 11) is 1.57. The van der Waals surface area contributed by atoms with Crippen molar-refractivity contribution >= 4 is 22.7 Å². The Balaban J connectivity index is 2.26. The summed E-state index contributed by atoms with van der Waals surface area (Å²) >= 11 is 0.932. The smallest absolute Gasteiger partial charge is 0.309 e. The molecule has 0 saturated heterocycles. The first kappa shape index (κ1) is 19.1. The van der Waals surface area contributed by atoms with E-state index < -0.39 is 5.24 Å². The maximum absolute atomic E-state index is 11.8. The van der Waals surface area contributed by atoms with Crippen molar-refractivity contribution in [2.45, 2.75) is 26.9 Å². The molecular formula is C19H23NO4S. The van der Waals surface area contributed by atoms with Crippen molar-refractivity contribution in [3.63, 3.8) is 0 Å². The zero-order valence-corrected chi connectivity index (χ0v) is 15.7. The predicted molar refractivity (Wildman–Crippen MR) is 101 cm³/mol. The molecule has 0 bridgehead atoms. The Hall–Kier alpha value is -2.18. The molecule has 2 aromatic rings. The van der Waals surface area contributed by atoms with E-state index in [0.29, 0.717) is 22.1 Å². The Morgan fingerprint density at radius 3 is 2.60 bits per heavy atom. The summed E-state index contributed by atoms with van der Waals surface area (Å²) in [5.74, 6) is 1.40. The van der Waals surface area contributed by atoms with Gasteiger partial charge in [0, 0.05) is 5.56 Å². The van der Waals surface area contributed by atoms with Crippen molar-refractivity contribution in [1.82, 2.24) is 0 Å². The zero-order valence-electron chi connectivity index (χ0n) is 14.9. The summed E-state index contributed by atoms with van der Waals surface area (Å²) in [5.41, 5.74) is 3.33. The van der Waals surface area contributed by atoms with Crippen LogP contribution >= 0.6 is 11.8 Å². The molecule has 0 saturated carbocycles. The van der Waals surface area contributed by atoms with E-state index in [-0.39, 0.29) is 6.61 Å². The van der Waals surface area contributed by atoms with Crippen LogP contribution in [0.2, 0.25) is 0 Å². The van der Waals surface area contributed by atoms with E-state index in [2.05, 4.69) is 13.0 Å². The summed E-state index contributed by atoms with van der Waals surface area (Å²) < 4.78 is 11.2. The molecule has 0 unspecified atom stereocenters. The number of carbonyl (C=O) groups excluding carboxylic acids is 1. The van der Waals surface area contributed by atoms with Crippen LogP contribution in [-0.4, -0.2) is 23.8 Å². The van der Waals surface area contributed by atoms with Crippen molar-refractivity contribution in [3.8, 4) is 11.5 Å². The summed E-state index contributed by atoms with van der Waals surface area (Å²) in [6.07, 6.45) is 2.58. The van der Waals surface area contributed by atoms with Crippen LogP contribution in [0, 0.1) is 6.92 Å². The first-order chi connectivity index (χ1) is 12.0. The molecule has 6 heteroatoms. The van der Waals surface area contributed by atoms with Crippen molar-refractivity contribution in [2.24, 2.45) is 0 Å². The summed E-state index contributed by atoms with van der Waals surface area (Å²) in [6.45, 7) is 4.31. The van der Waals surface area contributed by atoms with Crippen molar-refractivity contribution in [1.29, 1.82) is 0 Å². The van der Waals surface area contributed by atoms with Gasteiger partial charge in [0.05, 0.1) is 12.8 Å². The number of carbonyl (C=O) groups is 1. The largest absolute Gasteiger partial charge is 0.497 e. The van der Waals surface area contributed by atoms with Crippen LogP contribution in [0.25, 0.3) is 0 Å². The minimum absolute atomic E-state index is 0.206. The van der Waals surface area contributed by atoms with Gasteiger partial charge in [0.1, 0.15) is 18.1 Å². The van der Waals surface area contributed by atoms with Gasteiger partial charge >= 0.3 is 5.24 Å². The lowest BCUT2D eigenvalue weighted by Crippen LogP contribution is -2.24. The number of hydrogen-bond donors (Lipinski definition) is 1. The van der Waals surface area contributed by atoms with Crippen LogP contribution in [0.15, 0.2) is 36.4 Å². The van der Waals surface area contributed by atoms with E-state index >= 15 is 0 Å². The Labute approximate surface area is 152 Å². The average molecular weight is 361 g/mol. The Kier molecular flexibility index (Phi) is 6.73. The van der Waals surface area contributed by atoms with Gasteiger partial charge in [-0.2, -0.15) is 5.06 Å². The molecule has 0 aliphatic heterocycles. The number of anilines is 1. The number of benzene rings is 2. The number of aryl methyl sites for hydroxylation is 2. The summed E-state index contributed by atoms with van der Waals surface area (Å²) in [5, 5.41) is 10.3. The average Bonchev–Trinajstić information content (AvgIpc) is 2.65. The minimum Gasteiger partial charge on any atom is -0.497 e. The zero-order chi connectivity index (χ0) is 18.4. The highest BCUT2D eigenvalue weighted by Crippen LogP contribution is 2.28. The number of thioether (sulfide) groups is 1. The topological polar surface area (TPSA) is 59.0 Å². The molecule has 1 N–H and O–H groups in total. The highest BCUT2D eigenvalue weighted by atomic mass is 32.2. The minimum atomic E-state index is -0.463. The number of methoxy groups -OCH3 is 1. The number of rotatable bonds is 6. The second-order valence-corrected chi connectivity index (χ2v) is 6.28. The van der Waals surface area contributed by atoms with Gasteiger partial charge in [0.2, 0.25) is 0 Å². The normalized spacial score (nSPS) is 10.4. The van der Waals surface area contributed by atoms with Crippen LogP contribution in [0.1, 0.15) is 23.6 Å². The molecular weight excluding hydrogens is 338 g/mol. The van der Waals surface area contributed by atoms with Crippen molar-refractivity contribution in [2.75, 3.05) is 18.4 Å². The van der Waals surface area contributed by atoms with Crippen molar-refractivity contribution < 1.29 is 19.5 Å². The van der Waals surface area contributed by atoms with Crippen LogP contribution < -0.4 is 14.5 Å². The van der Waals surface area contributed by atoms with Gasteiger partial charge in [-0.25, -0.2) is 0 Å². The molecule has 0 aromatic heterocycles. The van der Waals surface area contributed by atoms with Crippen LogP contribution in [0.5, 0.6) is 11.5 Å². The Morgan fingerprint density at radius 2 is 2.00 bits per heavy atom. The maximum atomic E-state index is 11.8. The molecule has 2 rings (SSSR count). The lowest BCUT2D eigenvalue weighted by Gasteiger charge is -2.19. The van der Waals surface area contributed by atoms with E-state index in [1.807, 2.05) is 19.1 Å². The van der Waals surface area contributed by atoms with Crippen LogP contribution in [-0.2, 0) is 13.0 Å². The lowest BCUT2D eigenvalue weighted by atomic mass is 10.1. The lowest BCUT2D eigenvalue weighted by molar-refractivity contribution is 0.223. The van der Waals surface area contributed by atoms with Crippen LogP contribution in [0.4, 0.5) is 10.5 Å². The summed E-state index contributed by atoms with van der Waals surface area (Å²) in [4.78, 5) is 11.8. The molecule has 0 spiro atoms. The molecule has 5 nitrogen and oxygen atoms in total. The Bertz CT molecular complexity index is 748. The molecule has 134 valence electrons. The number of hydrogen-bond acceptors (Lipinski definition) is 5. The Morgan fingerprint density at radius 1 is 1.24 bits per heavy atom. The van der Waals surface area contributed by atoms with Gasteiger partial charge in [-0.05, 0) is 55.0 Å². The molecule has 0 aliphatic rings. The third-order valence-corrected chi connectivity index (χ3v) is 4.42. The standard InChI is InChI=1S/C19H23NO4S/c1-5-14-6-9-18(13(2)10-14)24-12-15-11-16(23-3)7-8-17(15)20(22)19(21)25-4/h6-11,22H,5,12H2,1-4H3. The van der Waals surface area contributed by atoms with Gasteiger partial charge in [0.15, 0.2) is 0 Å². The molecule has 0 radical (unpaired) electrons. The number of amides is 1. The van der Waals surface area contributed by atoms with Gasteiger partial charge in [-0.1, -0.05) is 30.8 Å². The first-order valence-corrected chi connectivity index (χ1v) is 9.18. The number of hydroxylamine groups is 1. The van der Waals surface area contributed by atoms with E-state index in [1.165, 1.54) is 5.56 Å². The molecule has 0 heterocycles. The fraction of sp³-hybridized carbons (Fsp3) is 0.316. The SMILES string of the molecule is CCc1ccc(OCc2cc(OC)ccc2N(O)C(=O)SC)c(C)c1. The van der Waals surface area contributed by atoms with Gasteiger partial charge < -0.3 is 9.47 Å². The molecule has 0 aliphatic carbocycles. The van der Waals surface area contributed by atoms with E-state index in [9.17, 15) is 10.0 Å².